The number of fused-ring (bicyclic) bond motifs is 1. The first kappa shape index (κ1) is 13.8. The molecule has 0 aliphatic heterocycles. The summed E-state index contributed by atoms with van der Waals surface area (Å²) in [6.45, 7) is 2.02. The highest BCUT2D eigenvalue weighted by atomic mass is 127. The Bertz CT molecular complexity index is 822. The van der Waals surface area contributed by atoms with Crippen molar-refractivity contribution in [1.82, 2.24) is 4.98 Å². The molecule has 3 rings (SSSR count). The molecule has 3 aromatic rings. The van der Waals surface area contributed by atoms with E-state index in [4.69, 9.17) is 0 Å². The van der Waals surface area contributed by atoms with Crippen LogP contribution in [0.25, 0.3) is 10.9 Å². The zero-order chi connectivity index (χ0) is 14.3. The highest BCUT2D eigenvalue weighted by molar-refractivity contribution is 14.1. The minimum Gasteiger partial charge on any atom is -0.360 e. The number of nitrogens with one attached hydrogen (secondary N) is 1. The number of aryl methyl sites for hydroxylation is 1. The lowest BCUT2D eigenvalue weighted by Crippen LogP contribution is -2.04. The van der Waals surface area contributed by atoms with Crippen LogP contribution in [0, 0.1) is 10.5 Å². The Labute approximate surface area is 138 Å². The summed E-state index contributed by atoms with van der Waals surface area (Å²) in [6, 6.07) is 11.7. The lowest BCUT2D eigenvalue weighted by atomic mass is 10.0. The third kappa shape index (κ3) is 2.31. The van der Waals surface area contributed by atoms with Crippen LogP contribution in [-0.4, -0.2) is 10.8 Å². The summed E-state index contributed by atoms with van der Waals surface area (Å²) in [5, 5.41) is 0.946. The molecule has 1 heterocycles. The van der Waals surface area contributed by atoms with E-state index in [1.165, 1.54) is 0 Å². The molecule has 2 aromatic carbocycles. The van der Waals surface area contributed by atoms with Gasteiger partial charge in [0.25, 0.3) is 0 Å². The van der Waals surface area contributed by atoms with Crippen LogP contribution in [0.4, 0.5) is 0 Å². The number of carbonyl (C=O) groups excluding carboxylic acids is 1. The zero-order valence-electron chi connectivity index (χ0n) is 10.7. The summed E-state index contributed by atoms with van der Waals surface area (Å²) in [7, 11) is 0. The number of aromatic amines is 1. The molecule has 20 heavy (non-hydrogen) atoms. The maximum atomic E-state index is 12.8. The fourth-order valence-electron chi connectivity index (χ4n) is 2.25. The minimum absolute atomic E-state index is 0.0578. The lowest BCUT2D eigenvalue weighted by Gasteiger charge is -2.05. The van der Waals surface area contributed by atoms with Crippen LogP contribution < -0.4 is 0 Å². The van der Waals surface area contributed by atoms with E-state index in [2.05, 4.69) is 43.5 Å². The number of aromatic nitrogens is 1. The molecule has 0 bridgehead atoms. The van der Waals surface area contributed by atoms with Crippen molar-refractivity contribution in [3.63, 3.8) is 0 Å². The van der Waals surface area contributed by atoms with Gasteiger partial charge in [-0.15, -0.1) is 0 Å². The number of halogens is 2. The van der Waals surface area contributed by atoms with Gasteiger partial charge in [-0.05, 0) is 59.3 Å². The van der Waals surface area contributed by atoms with Gasteiger partial charge in [-0.2, -0.15) is 0 Å². The molecule has 0 amide bonds. The number of ketones is 1. The number of carbonyl (C=O) groups is 1. The quantitative estimate of drug-likeness (QED) is 0.438. The van der Waals surface area contributed by atoms with Crippen molar-refractivity contribution >= 4 is 55.2 Å². The van der Waals surface area contributed by atoms with Crippen LogP contribution in [0.1, 0.15) is 21.5 Å². The van der Waals surface area contributed by atoms with Gasteiger partial charge in [0.1, 0.15) is 0 Å². The molecule has 100 valence electrons. The molecule has 2 nitrogen and oxygen atoms in total. The third-order valence-electron chi connectivity index (χ3n) is 3.32. The van der Waals surface area contributed by atoms with Crippen LogP contribution >= 0.6 is 38.5 Å². The fraction of sp³-hybridized carbons (Fsp3) is 0.0625. The summed E-state index contributed by atoms with van der Waals surface area (Å²) in [4.78, 5) is 15.9. The van der Waals surface area contributed by atoms with E-state index in [1.807, 2.05) is 43.3 Å². The minimum atomic E-state index is 0.0578. The third-order valence-corrected chi connectivity index (χ3v) is 5.25. The lowest BCUT2D eigenvalue weighted by molar-refractivity contribution is 0.103. The van der Waals surface area contributed by atoms with E-state index in [0.29, 0.717) is 5.56 Å². The van der Waals surface area contributed by atoms with Gasteiger partial charge in [0.15, 0.2) is 5.78 Å². The van der Waals surface area contributed by atoms with Gasteiger partial charge in [-0.1, -0.05) is 28.1 Å². The molecule has 1 aromatic heterocycles. The number of rotatable bonds is 2. The summed E-state index contributed by atoms with van der Waals surface area (Å²) in [6.07, 6.45) is 1.79. The predicted molar refractivity (Wildman–Crippen MR) is 93.3 cm³/mol. The van der Waals surface area contributed by atoms with Crippen molar-refractivity contribution in [2.45, 2.75) is 6.92 Å². The molecule has 0 atom stereocenters. The molecule has 0 radical (unpaired) electrons. The van der Waals surface area contributed by atoms with E-state index in [-0.39, 0.29) is 5.78 Å². The first-order chi connectivity index (χ1) is 9.58. The molecule has 0 unspecified atom stereocenters. The van der Waals surface area contributed by atoms with E-state index in [9.17, 15) is 4.79 Å². The zero-order valence-corrected chi connectivity index (χ0v) is 14.4. The average molecular weight is 440 g/mol. The second-order valence-corrected chi connectivity index (χ2v) is 6.65. The monoisotopic (exact) mass is 439 g/mol. The fourth-order valence-corrected chi connectivity index (χ4v) is 3.21. The Kier molecular flexibility index (Phi) is 3.69. The van der Waals surface area contributed by atoms with Crippen molar-refractivity contribution < 1.29 is 4.79 Å². The molecule has 0 saturated carbocycles. The van der Waals surface area contributed by atoms with E-state index < -0.39 is 0 Å². The number of H-pyrrole nitrogens is 1. The maximum Gasteiger partial charge on any atom is 0.196 e. The standard InChI is InChI=1S/C16H11BrINO/c1-9-3-2-4-11(15(9)18)16(20)13-8-19-14-6-5-10(17)7-12(13)14/h2-8,19H,1H3. The smallest absolute Gasteiger partial charge is 0.196 e. The van der Waals surface area contributed by atoms with Gasteiger partial charge in [0.2, 0.25) is 0 Å². The predicted octanol–water partition coefficient (Wildman–Crippen LogP) is 5.07. The number of hydrogen-bond donors (Lipinski definition) is 1. The summed E-state index contributed by atoms with van der Waals surface area (Å²) >= 11 is 5.69. The molecular formula is C16H11BrINO. The highest BCUT2D eigenvalue weighted by Gasteiger charge is 2.17. The summed E-state index contributed by atoms with van der Waals surface area (Å²) in [5.74, 6) is 0.0578. The first-order valence-corrected chi connectivity index (χ1v) is 8.01. The van der Waals surface area contributed by atoms with Crippen LogP contribution in [0.2, 0.25) is 0 Å². The molecular weight excluding hydrogens is 429 g/mol. The molecule has 0 spiro atoms. The normalized spacial score (nSPS) is 10.9. The van der Waals surface area contributed by atoms with Crippen molar-refractivity contribution in [3.05, 3.63) is 67.3 Å². The molecule has 4 heteroatoms. The Morgan fingerprint density at radius 1 is 1.20 bits per heavy atom. The Hall–Kier alpha value is -1.14. The van der Waals surface area contributed by atoms with Gasteiger partial charge in [-0.25, -0.2) is 0 Å². The largest absolute Gasteiger partial charge is 0.360 e. The molecule has 0 aliphatic rings. The van der Waals surface area contributed by atoms with Crippen molar-refractivity contribution in [3.8, 4) is 0 Å². The molecule has 0 saturated heterocycles. The van der Waals surface area contributed by atoms with Crippen LogP contribution in [0.3, 0.4) is 0 Å². The van der Waals surface area contributed by atoms with Crippen LogP contribution in [0.5, 0.6) is 0 Å². The average Bonchev–Trinajstić information content (AvgIpc) is 2.84. The van der Waals surface area contributed by atoms with E-state index in [1.54, 1.807) is 6.20 Å². The number of hydrogen-bond acceptors (Lipinski definition) is 1. The van der Waals surface area contributed by atoms with Crippen molar-refractivity contribution in [2.24, 2.45) is 0 Å². The van der Waals surface area contributed by atoms with Crippen LogP contribution in [-0.2, 0) is 0 Å². The second kappa shape index (κ2) is 5.33. The highest BCUT2D eigenvalue weighted by Crippen LogP contribution is 2.26. The summed E-state index contributed by atoms with van der Waals surface area (Å²) < 4.78 is 1.98. The van der Waals surface area contributed by atoms with E-state index >= 15 is 0 Å². The van der Waals surface area contributed by atoms with Crippen LogP contribution in [0.15, 0.2) is 47.1 Å². The second-order valence-electron chi connectivity index (χ2n) is 4.66. The molecule has 1 N–H and O–H groups in total. The van der Waals surface area contributed by atoms with Gasteiger partial charge in [0.05, 0.1) is 0 Å². The SMILES string of the molecule is Cc1cccc(C(=O)c2c[nH]c3ccc(Br)cc23)c1I. The van der Waals surface area contributed by atoms with Gasteiger partial charge >= 0.3 is 0 Å². The number of benzene rings is 2. The topological polar surface area (TPSA) is 32.9 Å². The van der Waals surface area contributed by atoms with Crippen molar-refractivity contribution in [2.75, 3.05) is 0 Å². The molecule has 0 fully saturated rings. The maximum absolute atomic E-state index is 12.8. The Morgan fingerprint density at radius 3 is 2.80 bits per heavy atom. The van der Waals surface area contributed by atoms with Crippen molar-refractivity contribution in [1.29, 1.82) is 0 Å². The first-order valence-electron chi connectivity index (χ1n) is 6.14. The Balaban J connectivity index is 2.18. The Morgan fingerprint density at radius 2 is 2.00 bits per heavy atom. The van der Waals surface area contributed by atoms with Gasteiger partial charge in [-0.3, -0.25) is 4.79 Å². The van der Waals surface area contributed by atoms with E-state index in [0.717, 1.165) is 30.1 Å². The summed E-state index contributed by atoms with van der Waals surface area (Å²) in [5.41, 5.74) is 3.56. The van der Waals surface area contributed by atoms with Gasteiger partial charge in [0, 0.05) is 36.3 Å². The molecule has 0 aliphatic carbocycles. The van der Waals surface area contributed by atoms with Gasteiger partial charge < -0.3 is 4.98 Å².